The van der Waals surface area contributed by atoms with Gasteiger partial charge in [-0.3, -0.25) is 0 Å². The van der Waals surface area contributed by atoms with E-state index in [0.29, 0.717) is 11.4 Å². The minimum absolute atomic E-state index is 0.283. The van der Waals surface area contributed by atoms with Crippen molar-refractivity contribution in [1.82, 2.24) is 9.97 Å². The molecule has 0 aliphatic heterocycles. The number of nitrogens with one attached hydrogen (secondary N) is 1. The number of unbranched alkanes of at least 4 members (excludes halogenated alkanes) is 1. The highest BCUT2D eigenvalue weighted by Gasteiger charge is 2.16. The van der Waals surface area contributed by atoms with Crippen molar-refractivity contribution in [2.75, 3.05) is 0 Å². The second-order valence-corrected chi connectivity index (χ2v) is 3.86. The molecule has 3 N–H and O–H groups in total. The van der Waals surface area contributed by atoms with Gasteiger partial charge in [0.25, 0.3) is 5.17 Å². The zero-order chi connectivity index (χ0) is 12.1. The lowest BCUT2D eigenvalue weighted by Crippen LogP contribution is -2.19. The SMILES string of the molecule is CCCCc1nc(C)c(C(=O)OC(N)=S)[nH]1. The second-order valence-electron chi connectivity index (χ2n) is 3.46. The van der Waals surface area contributed by atoms with Gasteiger partial charge in [0.05, 0.1) is 5.69 Å². The van der Waals surface area contributed by atoms with Crippen LogP contribution in [0.2, 0.25) is 0 Å². The van der Waals surface area contributed by atoms with Gasteiger partial charge in [0.1, 0.15) is 11.5 Å². The molecule has 0 fully saturated rings. The number of ether oxygens (including phenoxy) is 1. The maximum Gasteiger partial charge on any atom is 0.363 e. The fourth-order valence-corrected chi connectivity index (χ4v) is 1.40. The van der Waals surface area contributed by atoms with Crippen molar-refractivity contribution in [3.8, 4) is 0 Å². The molecule has 6 heteroatoms. The zero-order valence-corrected chi connectivity index (χ0v) is 10.2. The number of aromatic amines is 1. The molecule has 1 aromatic rings. The summed E-state index contributed by atoms with van der Waals surface area (Å²) >= 11 is 4.49. The number of esters is 1. The van der Waals surface area contributed by atoms with Crippen LogP contribution >= 0.6 is 12.2 Å². The molecule has 0 aromatic carbocycles. The van der Waals surface area contributed by atoms with Crippen LogP contribution < -0.4 is 5.73 Å². The van der Waals surface area contributed by atoms with Crippen LogP contribution in [0.15, 0.2) is 0 Å². The number of nitrogens with two attached hydrogens (primary N) is 1. The molecule has 5 nitrogen and oxygen atoms in total. The van der Waals surface area contributed by atoms with Crippen molar-refractivity contribution in [2.24, 2.45) is 5.73 Å². The number of thiocarbonyl (C=S) groups is 1. The third-order valence-electron chi connectivity index (χ3n) is 2.10. The first-order valence-corrected chi connectivity index (χ1v) is 5.52. The van der Waals surface area contributed by atoms with E-state index in [1.165, 1.54) is 0 Å². The molecule has 0 unspecified atom stereocenters. The number of nitrogens with zero attached hydrogens (tertiary/aromatic N) is 1. The van der Waals surface area contributed by atoms with Crippen LogP contribution in [0, 0.1) is 6.92 Å². The Hall–Kier alpha value is -1.43. The number of carbonyl (C=O) groups excluding carboxylic acids is 1. The van der Waals surface area contributed by atoms with Gasteiger partial charge in [-0.15, -0.1) is 0 Å². The summed E-state index contributed by atoms with van der Waals surface area (Å²) in [6, 6.07) is 0. The Morgan fingerprint density at radius 3 is 2.88 bits per heavy atom. The monoisotopic (exact) mass is 241 g/mol. The van der Waals surface area contributed by atoms with Crippen molar-refractivity contribution in [2.45, 2.75) is 33.1 Å². The van der Waals surface area contributed by atoms with Crippen molar-refractivity contribution < 1.29 is 9.53 Å². The summed E-state index contributed by atoms with van der Waals surface area (Å²) in [5.74, 6) is 0.203. The topological polar surface area (TPSA) is 81.0 Å². The maximum absolute atomic E-state index is 11.5. The summed E-state index contributed by atoms with van der Waals surface area (Å²) in [5.41, 5.74) is 6.04. The van der Waals surface area contributed by atoms with Crippen LogP contribution in [0.1, 0.15) is 41.8 Å². The minimum atomic E-state index is -0.583. The van der Waals surface area contributed by atoms with Crippen LogP contribution in [-0.2, 0) is 11.2 Å². The van der Waals surface area contributed by atoms with E-state index in [1.807, 2.05) is 0 Å². The highest BCUT2D eigenvalue weighted by Crippen LogP contribution is 2.09. The average molecular weight is 241 g/mol. The summed E-state index contributed by atoms with van der Waals surface area (Å²) in [4.78, 5) is 18.7. The van der Waals surface area contributed by atoms with Gasteiger partial charge in [-0.25, -0.2) is 9.78 Å². The molecule has 1 aromatic heterocycles. The highest BCUT2D eigenvalue weighted by atomic mass is 32.1. The molecule has 0 saturated carbocycles. The number of hydrogen-bond donors (Lipinski definition) is 2. The first-order valence-electron chi connectivity index (χ1n) is 5.11. The van der Waals surface area contributed by atoms with Crippen LogP contribution in [0.25, 0.3) is 0 Å². The zero-order valence-electron chi connectivity index (χ0n) is 9.37. The molecule has 0 radical (unpaired) electrons. The van der Waals surface area contributed by atoms with Gasteiger partial charge in [0, 0.05) is 6.42 Å². The average Bonchev–Trinajstić information content (AvgIpc) is 2.55. The fourth-order valence-electron chi connectivity index (χ4n) is 1.32. The van der Waals surface area contributed by atoms with E-state index in [0.717, 1.165) is 25.1 Å². The molecule has 1 heterocycles. The van der Waals surface area contributed by atoms with Gasteiger partial charge in [-0.1, -0.05) is 13.3 Å². The predicted molar refractivity (Wildman–Crippen MR) is 64.1 cm³/mol. The van der Waals surface area contributed by atoms with Gasteiger partial charge in [0.2, 0.25) is 0 Å². The lowest BCUT2D eigenvalue weighted by atomic mass is 10.2. The van der Waals surface area contributed by atoms with Gasteiger partial charge < -0.3 is 15.5 Å². The van der Waals surface area contributed by atoms with Crippen LogP contribution in [0.3, 0.4) is 0 Å². The van der Waals surface area contributed by atoms with Crippen LogP contribution in [0.5, 0.6) is 0 Å². The van der Waals surface area contributed by atoms with Gasteiger partial charge in [-0.2, -0.15) is 0 Å². The molecule has 0 amide bonds. The van der Waals surface area contributed by atoms with E-state index in [2.05, 4.69) is 33.8 Å². The largest absolute Gasteiger partial charge is 0.395 e. The van der Waals surface area contributed by atoms with Crippen molar-refractivity contribution in [3.05, 3.63) is 17.2 Å². The van der Waals surface area contributed by atoms with E-state index in [1.54, 1.807) is 6.92 Å². The van der Waals surface area contributed by atoms with E-state index in [9.17, 15) is 4.79 Å². The number of hydrogen-bond acceptors (Lipinski definition) is 4. The molecule has 0 aliphatic rings. The Labute approximate surface area is 99.4 Å². The van der Waals surface area contributed by atoms with E-state index in [-0.39, 0.29) is 5.17 Å². The molecule has 0 aliphatic carbocycles. The Kier molecular flexibility index (Phi) is 4.42. The highest BCUT2D eigenvalue weighted by molar-refractivity contribution is 7.80. The van der Waals surface area contributed by atoms with E-state index in [4.69, 9.17) is 5.73 Å². The summed E-state index contributed by atoms with van der Waals surface area (Å²) in [5, 5.41) is -0.283. The second kappa shape index (κ2) is 5.60. The number of aromatic nitrogens is 2. The predicted octanol–water partition coefficient (Wildman–Crippen LogP) is 1.46. The fraction of sp³-hybridized carbons (Fsp3) is 0.500. The third-order valence-corrected chi connectivity index (χ3v) is 2.18. The summed E-state index contributed by atoms with van der Waals surface area (Å²) < 4.78 is 4.63. The van der Waals surface area contributed by atoms with E-state index >= 15 is 0 Å². The number of H-pyrrole nitrogens is 1. The molecule has 0 spiro atoms. The van der Waals surface area contributed by atoms with Crippen molar-refractivity contribution in [1.29, 1.82) is 0 Å². The Morgan fingerprint density at radius 1 is 1.62 bits per heavy atom. The van der Waals surface area contributed by atoms with Crippen molar-refractivity contribution >= 4 is 23.4 Å². The smallest absolute Gasteiger partial charge is 0.363 e. The number of carbonyl (C=O) groups is 1. The lowest BCUT2D eigenvalue weighted by molar-refractivity contribution is 0.0713. The molecular weight excluding hydrogens is 226 g/mol. The molecule has 1 rings (SSSR count). The standard InChI is InChI=1S/C10H15N3O2S/c1-3-4-5-7-12-6(2)8(13-7)9(14)15-10(11)16/h3-5H2,1-2H3,(H2,11,16)(H,12,13). The normalized spacial score (nSPS) is 10.1. The molecule has 0 saturated heterocycles. The minimum Gasteiger partial charge on any atom is -0.395 e. The van der Waals surface area contributed by atoms with Crippen LogP contribution in [-0.4, -0.2) is 21.1 Å². The third kappa shape index (κ3) is 3.30. The summed E-state index contributed by atoms with van der Waals surface area (Å²) in [6.45, 7) is 3.83. The molecule has 0 atom stereocenters. The molecule has 88 valence electrons. The maximum atomic E-state index is 11.5. The van der Waals surface area contributed by atoms with Crippen LogP contribution in [0.4, 0.5) is 0 Å². The van der Waals surface area contributed by atoms with E-state index < -0.39 is 5.97 Å². The Morgan fingerprint density at radius 2 is 2.31 bits per heavy atom. The number of aryl methyl sites for hydroxylation is 2. The first kappa shape index (κ1) is 12.6. The lowest BCUT2D eigenvalue weighted by Gasteiger charge is -1.98. The summed E-state index contributed by atoms with van der Waals surface area (Å²) in [6.07, 6.45) is 2.92. The number of rotatable bonds is 4. The van der Waals surface area contributed by atoms with Gasteiger partial charge >= 0.3 is 5.97 Å². The molecular formula is C10H15N3O2S. The van der Waals surface area contributed by atoms with Crippen molar-refractivity contribution in [3.63, 3.8) is 0 Å². The Bertz CT molecular complexity index is 401. The quantitative estimate of drug-likeness (QED) is 0.616. The first-order chi connectivity index (χ1) is 7.54. The molecule has 0 bridgehead atoms. The number of imidazole rings is 1. The van der Waals surface area contributed by atoms with Gasteiger partial charge in [-0.05, 0) is 25.6 Å². The summed E-state index contributed by atoms with van der Waals surface area (Å²) in [7, 11) is 0. The Balaban J connectivity index is 2.76. The van der Waals surface area contributed by atoms with Gasteiger partial charge in [0.15, 0.2) is 0 Å². The molecule has 16 heavy (non-hydrogen) atoms.